The van der Waals surface area contributed by atoms with Gasteiger partial charge in [0, 0.05) is 23.1 Å². The molecular weight excluding hydrogens is 228 g/mol. The Labute approximate surface area is 106 Å². The molecule has 0 unspecified atom stereocenters. The third-order valence-corrected chi connectivity index (χ3v) is 2.86. The van der Waals surface area contributed by atoms with Crippen LogP contribution in [0.5, 0.6) is 0 Å². The van der Waals surface area contributed by atoms with Crippen molar-refractivity contribution in [1.29, 1.82) is 0 Å². The summed E-state index contributed by atoms with van der Waals surface area (Å²) in [6.45, 7) is 5.07. The molecule has 0 saturated carbocycles. The van der Waals surface area contributed by atoms with Crippen molar-refractivity contribution in [1.82, 2.24) is 4.57 Å². The largest absolute Gasteiger partial charge is 0.461 e. The van der Waals surface area contributed by atoms with Crippen LogP contribution in [0.3, 0.4) is 0 Å². The first-order chi connectivity index (χ1) is 8.67. The number of hydrogen-bond acceptors (Lipinski definition) is 3. The number of carbonyl (C=O) groups excluding carboxylic acids is 1. The lowest BCUT2D eigenvalue weighted by molar-refractivity contribution is 0.0514. The summed E-state index contributed by atoms with van der Waals surface area (Å²) in [4.78, 5) is 11.9. The Morgan fingerprint density at radius 3 is 2.78 bits per heavy atom. The summed E-state index contributed by atoms with van der Waals surface area (Å²) < 4.78 is 7.08. The number of esters is 1. The molecule has 0 radical (unpaired) electrons. The lowest BCUT2D eigenvalue weighted by atomic mass is 10.2. The minimum absolute atomic E-state index is 0.277. The molecule has 2 N–H and O–H groups in total. The van der Waals surface area contributed by atoms with Crippen molar-refractivity contribution >= 4 is 22.6 Å². The van der Waals surface area contributed by atoms with Crippen LogP contribution in [0.15, 0.2) is 24.3 Å². The molecular formula is C14H18N2O2. The van der Waals surface area contributed by atoms with Gasteiger partial charge >= 0.3 is 5.97 Å². The number of carbonyl (C=O) groups is 1. The number of nitrogen functional groups attached to an aromatic ring is 1. The highest BCUT2D eigenvalue weighted by molar-refractivity contribution is 5.96. The standard InChI is InChI=1S/C14H18N2O2/c1-3-7-16-12-6-5-11(15)8-10(12)9-13(16)14(17)18-4-2/h5-6,8-9H,3-4,7,15H2,1-2H3. The number of benzene rings is 1. The van der Waals surface area contributed by atoms with E-state index in [0.29, 0.717) is 18.0 Å². The van der Waals surface area contributed by atoms with Crippen LogP contribution >= 0.6 is 0 Å². The smallest absolute Gasteiger partial charge is 0.354 e. The van der Waals surface area contributed by atoms with E-state index in [4.69, 9.17) is 10.5 Å². The second kappa shape index (κ2) is 5.12. The summed E-state index contributed by atoms with van der Waals surface area (Å²) in [5.41, 5.74) is 8.09. The number of nitrogens with two attached hydrogens (primary N) is 1. The third-order valence-electron chi connectivity index (χ3n) is 2.86. The van der Waals surface area contributed by atoms with E-state index in [1.54, 1.807) is 0 Å². The lowest BCUT2D eigenvalue weighted by Gasteiger charge is -2.08. The van der Waals surface area contributed by atoms with E-state index in [-0.39, 0.29) is 5.97 Å². The van der Waals surface area contributed by atoms with Gasteiger partial charge in [0.15, 0.2) is 0 Å². The van der Waals surface area contributed by atoms with E-state index in [2.05, 4.69) is 6.92 Å². The number of fused-ring (bicyclic) bond motifs is 1. The molecule has 4 heteroatoms. The van der Waals surface area contributed by atoms with Crippen molar-refractivity contribution < 1.29 is 9.53 Å². The van der Waals surface area contributed by atoms with Crippen LogP contribution in [-0.2, 0) is 11.3 Å². The highest BCUT2D eigenvalue weighted by Crippen LogP contribution is 2.23. The molecule has 0 aliphatic carbocycles. The van der Waals surface area contributed by atoms with E-state index >= 15 is 0 Å². The van der Waals surface area contributed by atoms with E-state index in [9.17, 15) is 4.79 Å². The second-order valence-corrected chi connectivity index (χ2v) is 4.22. The summed E-state index contributed by atoms with van der Waals surface area (Å²) in [5.74, 6) is -0.277. The highest BCUT2D eigenvalue weighted by atomic mass is 16.5. The Kier molecular flexibility index (Phi) is 3.55. The third kappa shape index (κ3) is 2.18. The summed E-state index contributed by atoms with van der Waals surface area (Å²) in [6.07, 6.45) is 0.959. The van der Waals surface area contributed by atoms with Crippen LogP contribution in [0.2, 0.25) is 0 Å². The van der Waals surface area contributed by atoms with Gasteiger partial charge in [0.25, 0.3) is 0 Å². The first-order valence-electron chi connectivity index (χ1n) is 6.23. The van der Waals surface area contributed by atoms with Gasteiger partial charge in [0.1, 0.15) is 5.69 Å². The van der Waals surface area contributed by atoms with E-state index in [1.165, 1.54) is 0 Å². The molecule has 18 heavy (non-hydrogen) atoms. The Hall–Kier alpha value is -1.97. The van der Waals surface area contributed by atoms with E-state index in [1.807, 2.05) is 35.8 Å². The van der Waals surface area contributed by atoms with Crippen LogP contribution in [0.4, 0.5) is 5.69 Å². The molecule has 0 bridgehead atoms. The van der Waals surface area contributed by atoms with Crippen LogP contribution in [0.25, 0.3) is 10.9 Å². The minimum atomic E-state index is -0.277. The first-order valence-corrected chi connectivity index (χ1v) is 6.23. The quantitative estimate of drug-likeness (QED) is 0.666. The van der Waals surface area contributed by atoms with Crippen molar-refractivity contribution in [2.75, 3.05) is 12.3 Å². The van der Waals surface area contributed by atoms with Gasteiger partial charge < -0.3 is 15.0 Å². The molecule has 1 heterocycles. The zero-order chi connectivity index (χ0) is 13.1. The van der Waals surface area contributed by atoms with E-state index in [0.717, 1.165) is 23.9 Å². The lowest BCUT2D eigenvalue weighted by Crippen LogP contribution is -2.12. The van der Waals surface area contributed by atoms with E-state index < -0.39 is 0 Å². The fourth-order valence-electron chi connectivity index (χ4n) is 2.13. The van der Waals surface area contributed by atoms with Crippen molar-refractivity contribution in [3.63, 3.8) is 0 Å². The van der Waals surface area contributed by atoms with Gasteiger partial charge in [-0.25, -0.2) is 4.79 Å². The number of anilines is 1. The molecule has 0 aliphatic rings. The second-order valence-electron chi connectivity index (χ2n) is 4.22. The number of ether oxygens (including phenoxy) is 1. The molecule has 96 valence electrons. The molecule has 0 atom stereocenters. The van der Waals surface area contributed by atoms with Crippen molar-refractivity contribution in [2.45, 2.75) is 26.8 Å². The Morgan fingerprint density at radius 1 is 1.33 bits per heavy atom. The predicted octanol–water partition coefficient (Wildman–Crippen LogP) is 2.81. The molecule has 0 aliphatic heterocycles. The maximum atomic E-state index is 11.9. The topological polar surface area (TPSA) is 57.2 Å². The number of rotatable bonds is 4. The average molecular weight is 246 g/mol. The van der Waals surface area contributed by atoms with Crippen molar-refractivity contribution in [3.8, 4) is 0 Å². The predicted molar refractivity (Wildman–Crippen MR) is 72.6 cm³/mol. The Bertz CT molecular complexity index is 572. The molecule has 1 aromatic heterocycles. The zero-order valence-corrected chi connectivity index (χ0v) is 10.8. The SMILES string of the molecule is CCCn1c(C(=O)OCC)cc2cc(N)ccc21. The summed E-state index contributed by atoms with van der Waals surface area (Å²) in [7, 11) is 0. The molecule has 0 fully saturated rings. The van der Waals surface area contributed by atoms with Gasteiger partial charge in [-0.1, -0.05) is 6.92 Å². The molecule has 0 spiro atoms. The molecule has 2 aromatic rings. The first kappa shape index (κ1) is 12.5. The van der Waals surface area contributed by atoms with Gasteiger partial charge in [-0.05, 0) is 37.6 Å². The molecule has 0 amide bonds. The monoisotopic (exact) mass is 246 g/mol. The number of aromatic nitrogens is 1. The normalized spacial score (nSPS) is 10.8. The number of nitrogens with zero attached hydrogens (tertiary/aromatic N) is 1. The fraction of sp³-hybridized carbons (Fsp3) is 0.357. The van der Waals surface area contributed by atoms with Gasteiger partial charge in [-0.2, -0.15) is 0 Å². The molecule has 1 aromatic carbocycles. The zero-order valence-electron chi connectivity index (χ0n) is 10.8. The fourth-order valence-corrected chi connectivity index (χ4v) is 2.13. The van der Waals surface area contributed by atoms with Crippen molar-refractivity contribution in [3.05, 3.63) is 30.0 Å². The molecule has 2 rings (SSSR count). The maximum Gasteiger partial charge on any atom is 0.354 e. The van der Waals surface area contributed by atoms with Crippen LogP contribution in [-0.4, -0.2) is 17.1 Å². The summed E-state index contributed by atoms with van der Waals surface area (Å²) >= 11 is 0. The highest BCUT2D eigenvalue weighted by Gasteiger charge is 2.15. The van der Waals surface area contributed by atoms with Gasteiger partial charge in [-0.15, -0.1) is 0 Å². The Balaban J connectivity index is 2.56. The summed E-state index contributed by atoms with van der Waals surface area (Å²) in [6, 6.07) is 7.52. The molecule has 4 nitrogen and oxygen atoms in total. The van der Waals surface area contributed by atoms with Crippen LogP contribution < -0.4 is 5.73 Å². The van der Waals surface area contributed by atoms with Crippen LogP contribution in [0, 0.1) is 0 Å². The minimum Gasteiger partial charge on any atom is -0.461 e. The Morgan fingerprint density at radius 2 is 2.11 bits per heavy atom. The number of hydrogen-bond donors (Lipinski definition) is 1. The summed E-state index contributed by atoms with van der Waals surface area (Å²) in [5, 5.41) is 0.978. The average Bonchev–Trinajstić information content (AvgIpc) is 2.68. The van der Waals surface area contributed by atoms with Gasteiger partial charge in [0.05, 0.1) is 6.61 Å². The van der Waals surface area contributed by atoms with Gasteiger partial charge in [-0.3, -0.25) is 0 Å². The maximum absolute atomic E-state index is 11.9. The van der Waals surface area contributed by atoms with Crippen molar-refractivity contribution in [2.24, 2.45) is 0 Å². The van der Waals surface area contributed by atoms with Gasteiger partial charge in [0.2, 0.25) is 0 Å². The number of aryl methyl sites for hydroxylation is 1. The molecule has 0 saturated heterocycles. The van der Waals surface area contributed by atoms with Crippen LogP contribution in [0.1, 0.15) is 30.8 Å².